The van der Waals surface area contributed by atoms with Gasteiger partial charge in [-0.3, -0.25) is 4.79 Å². The predicted octanol–water partition coefficient (Wildman–Crippen LogP) is 4.69. The number of anilines is 1. The number of thioether (sulfide) groups is 2. The molecule has 2 aliphatic heterocycles. The highest BCUT2D eigenvalue weighted by molar-refractivity contribution is 8.19. The number of ether oxygens (including phenoxy) is 1. The lowest BCUT2D eigenvalue weighted by molar-refractivity contribution is -0.126. The van der Waals surface area contributed by atoms with Crippen molar-refractivity contribution in [3.63, 3.8) is 0 Å². The summed E-state index contributed by atoms with van der Waals surface area (Å²) in [6, 6.07) is 15.5. The summed E-state index contributed by atoms with van der Waals surface area (Å²) < 4.78 is 5.95. The van der Waals surface area contributed by atoms with Gasteiger partial charge in [-0.2, -0.15) is 0 Å². The zero-order valence-corrected chi connectivity index (χ0v) is 17.6. The molecule has 2 aromatic carbocycles. The second kappa shape index (κ2) is 8.21. The molecule has 0 spiro atoms. The Hall–Kier alpha value is -1.92. The summed E-state index contributed by atoms with van der Waals surface area (Å²) in [6.07, 6.45) is -0.0111. The van der Waals surface area contributed by atoms with Crippen molar-refractivity contribution in [3.05, 3.63) is 65.2 Å². The number of nitrogens with zero attached hydrogens (tertiary/aromatic N) is 1. The van der Waals surface area contributed by atoms with E-state index < -0.39 is 12.1 Å². The van der Waals surface area contributed by atoms with Crippen LogP contribution in [0.15, 0.2) is 48.5 Å². The van der Waals surface area contributed by atoms with Crippen LogP contribution in [-0.4, -0.2) is 35.5 Å². The Labute approximate surface area is 174 Å². The van der Waals surface area contributed by atoms with E-state index in [2.05, 4.69) is 0 Å². The van der Waals surface area contributed by atoms with E-state index in [1.165, 1.54) is 5.56 Å². The number of hydrogen-bond donors (Lipinski definition) is 0. The van der Waals surface area contributed by atoms with E-state index in [4.69, 9.17) is 4.74 Å². The van der Waals surface area contributed by atoms with E-state index in [-0.39, 0.29) is 11.9 Å². The summed E-state index contributed by atoms with van der Waals surface area (Å²) in [7, 11) is 0. The Balaban J connectivity index is 1.42. The van der Waals surface area contributed by atoms with Gasteiger partial charge in [-0.25, -0.2) is 4.79 Å². The molecule has 2 aromatic rings. The first-order chi connectivity index (χ1) is 13.5. The number of hydrogen-bond acceptors (Lipinski definition) is 5. The zero-order chi connectivity index (χ0) is 19.7. The van der Waals surface area contributed by atoms with E-state index in [0.29, 0.717) is 10.1 Å². The zero-order valence-electron chi connectivity index (χ0n) is 16.0. The Bertz CT molecular complexity index is 878. The van der Waals surface area contributed by atoms with Gasteiger partial charge in [-0.15, -0.1) is 23.5 Å². The van der Waals surface area contributed by atoms with Gasteiger partial charge in [-0.05, 0) is 49.6 Å². The van der Waals surface area contributed by atoms with E-state index in [0.717, 1.165) is 29.2 Å². The summed E-state index contributed by atoms with van der Waals surface area (Å²) in [5, 5.41) is 0. The average Bonchev–Trinajstić information content (AvgIpc) is 3.34. The maximum atomic E-state index is 13.0. The SMILES string of the molecule is C[C@H](OC(=O)c1ccc(C2SCCS2)cc1)C(=O)N1c2ccccc2C[C@@H]1C. The highest BCUT2D eigenvalue weighted by atomic mass is 32.2. The number of benzene rings is 2. The van der Waals surface area contributed by atoms with E-state index in [1.807, 2.05) is 66.8 Å². The molecule has 2 atom stereocenters. The van der Waals surface area contributed by atoms with Gasteiger partial charge < -0.3 is 9.64 Å². The number of fused-ring (bicyclic) bond motifs is 1. The maximum absolute atomic E-state index is 13.0. The number of para-hydroxylation sites is 1. The summed E-state index contributed by atoms with van der Waals surface area (Å²) >= 11 is 3.86. The van der Waals surface area contributed by atoms with Crippen LogP contribution in [-0.2, 0) is 16.0 Å². The second-order valence-corrected chi connectivity index (χ2v) is 9.86. The number of carbonyl (C=O) groups excluding carboxylic acids is 2. The van der Waals surface area contributed by atoms with Gasteiger partial charge in [0.15, 0.2) is 6.10 Å². The molecule has 1 amide bonds. The molecule has 4 rings (SSSR count). The smallest absolute Gasteiger partial charge is 0.338 e. The van der Waals surface area contributed by atoms with Crippen LogP contribution in [0.5, 0.6) is 0 Å². The molecular formula is C22H23NO3S2. The second-order valence-electron chi connectivity index (χ2n) is 7.13. The highest BCUT2D eigenvalue weighted by Crippen LogP contribution is 2.45. The van der Waals surface area contributed by atoms with Crippen molar-refractivity contribution in [2.45, 2.75) is 37.0 Å². The highest BCUT2D eigenvalue weighted by Gasteiger charge is 2.34. The average molecular weight is 414 g/mol. The fourth-order valence-corrected chi connectivity index (χ4v) is 6.56. The summed E-state index contributed by atoms with van der Waals surface area (Å²) in [5.41, 5.74) is 3.76. The third-order valence-electron chi connectivity index (χ3n) is 5.12. The standard InChI is InChI=1S/C22H23NO3S2/c1-14-13-18-5-3-4-6-19(18)23(14)20(24)15(2)26-21(25)16-7-9-17(10-8-16)22-27-11-12-28-22/h3-10,14-15,22H,11-13H2,1-2H3/t14-,15-/m0/s1. The van der Waals surface area contributed by atoms with Gasteiger partial charge in [0.25, 0.3) is 5.91 Å². The molecule has 0 aliphatic carbocycles. The topological polar surface area (TPSA) is 46.6 Å². The molecule has 0 N–H and O–H groups in total. The Morgan fingerprint density at radius 3 is 2.46 bits per heavy atom. The molecule has 146 valence electrons. The van der Waals surface area contributed by atoms with Crippen LogP contribution in [0.1, 0.15) is 39.9 Å². The predicted molar refractivity (Wildman–Crippen MR) is 116 cm³/mol. The third-order valence-corrected chi connectivity index (χ3v) is 8.22. The molecule has 4 nitrogen and oxygen atoms in total. The summed E-state index contributed by atoms with van der Waals surface area (Å²) in [5.74, 6) is 1.69. The van der Waals surface area contributed by atoms with Gasteiger partial charge >= 0.3 is 5.97 Å². The minimum absolute atomic E-state index is 0.0618. The van der Waals surface area contributed by atoms with Crippen molar-refractivity contribution in [1.29, 1.82) is 0 Å². The van der Waals surface area contributed by atoms with E-state index in [1.54, 1.807) is 24.0 Å². The molecule has 6 heteroatoms. The fraction of sp³-hybridized carbons (Fsp3) is 0.364. The van der Waals surface area contributed by atoms with Crippen LogP contribution in [0.3, 0.4) is 0 Å². The molecule has 1 saturated heterocycles. The van der Waals surface area contributed by atoms with Gasteiger partial charge in [-0.1, -0.05) is 30.3 Å². The van der Waals surface area contributed by atoms with E-state index in [9.17, 15) is 9.59 Å². The van der Waals surface area contributed by atoms with Crippen molar-refractivity contribution < 1.29 is 14.3 Å². The molecule has 0 bridgehead atoms. The van der Waals surface area contributed by atoms with Crippen molar-refractivity contribution in [3.8, 4) is 0 Å². The molecule has 0 radical (unpaired) electrons. The van der Waals surface area contributed by atoms with Crippen LogP contribution in [0.25, 0.3) is 0 Å². The van der Waals surface area contributed by atoms with Crippen LogP contribution in [0, 0.1) is 0 Å². The lowest BCUT2D eigenvalue weighted by atomic mass is 10.1. The molecule has 28 heavy (non-hydrogen) atoms. The lowest BCUT2D eigenvalue weighted by Gasteiger charge is -2.26. The lowest BCUT2D eigenvalue weighted by Crippen LogP contribution is -2.43. The number of esters is 1. The molecule has 0 saturated carbocycles. The van der Waals surface area contributed by atoms with Gasteiger partial charge in [0.05, 0.1) is 10.1 Å². The van der Waals surface area contributed by atoms with Gasteiger partial charge in [0.1, 0.15) is 0 Å². The Morgan fingerprint density at radius 2 is 1.75 bits per heavy atom. The Kier molecular flexibility index (Phi) is 5.69. The quantitative estimate of drug-likeness (QED) is 0.681. The molecule has 0 aromatic heterocycles. The largest absolute Gasteiger partial charge is 0.449 e. The molecular weight excluding hydrogens is 390 g/mol. The molecule has 2 aliphatic rings. The number of carbonyl (C=O) groups is 2. The van der Waals surface area contributed by atoms with Crippen LogP contribution >= 0.6 is 23.5 Å². The fourth-order valence-electron chi connectivity index (χ4n) is 3.70. The van der Waals surface area contributed by atoms with Gasteiger partial charge in [0, 0.05) is 23.2 Å². The van der Waals surface area contributed by atoms with Crippen LogP contribution in [0.2, 0.25) is 0 Å². The minimum Gasteiger partial charge on any atom is -0.449 e. The summed E-state index contributed by atoms with van der Waals surface area (Å²) in [4.78, 5) is 27.2. The molecule has 0 unspecified atom stereocenters. The van der Waals surface area contributed by atoms with Crippen LogP contribution < -0.4 is 4.90 Å². The van der Waals surface area contributed by atoms with Gasteiger partial charge in [0.2, 0.25) is 0 Å². The maximum Gasteiger partial charge on any atom is 0.338 e. The first-order valence-electron chi connectivity index (χ1n) is 9.49. The first-order valence-corrected chi connectivity index (χ1v) is 11.6. The summed E-state index contributed by atoms with van der Waals surface area (Å²) in [6.45, 7) is 3.66. The minimum atomic E-state index is -0.832. The van der Waals surface area contributed by atoms with Crippen molar-refractivity contribution in [2.75, 3.05) is 16.4 Å². The van der Waals surface area contributed by atoms with Crippen molar-refractivity contribution >= 4 is 41.1 Å². The number of amides is 1. The normalized spacial score (nSPS) is 20.1. The van der Waals surface area contributed by atoms with E-state index >= 15 is 0 Å². The first kappa shape index (κ1) is 19.4. The van der Waals surface area contributed by atoms with Crippen LogP contribution in [0.4, 0.5) is 5.69 Å². The molecule has 1 fully saturated rings. The third kappa shape index (κ3) is 3.80. The van der Waals surface area contributed by atoms with Crippen molar-refractivity contribution in [1.82, 2.24) is 0 Å². The molecule has 2 heterocycles. The monoisotopic (exact) mass is 413 g/mol. The Morgan fingerprint density at radius 1 is 1.07 bits per heavy atom. The number of rotatable bonds is 4. The van der Waals surface area contributed by atoms with Crippen molar-refractivity contribution in [2.24, 2.45) is 0 Å².